The van der Waals surface area contributed by atoms with E-state index in [4.69, 9.17) is 4.74 Å². The first-order valence-corrected chi connectivity index (χ1v) is 7.15. The molecule has 0 saturated carbocycles. The Labute approximate surface area is 143 Å². The van der Waals surface area contributed by atoms with Gasteiger partial charge in [-0.2, -0.15) is 5.10 Å². The Kier molecular flexibility index (Phi) is 5.88. The number of carbonyl (C=O) groups excluding carboxylic acids is 1. The summed E-state index contributed by atoms with van der Waals surface area (Å²) in [5.74, 6) is -0.304. The number of hydrogen-bond acceptors (Lipinski definition) is 7. The first-order chi connectivity index (χ1) is 12.0. The topological polar surface area (TPSA) is 129 Å². The number of ether oxygens (including phenoxy) is 1. The predicted octanol–water partition coefficient (Wildman–Crippen LogP) is 1.24. The van der Waals surface area contributed by atoms with Crippen LogP contribution in [0.15, 0.2) is 47.6 Å². The third-order valence-corrected chi connectivity index (χ3v) is 3.14. The monoisotopic (exact) mass is 343 g/mol. The average molecular weight is 343 g/mol. The highest BCUT2D eigenvalue weighted by molar-refractivity contribution is 5.86. The number of benzene rings is 2. The second-order valence-corrected chi connectivity index (χ2v) is 4.83. The van der Waals surface area contributed by atoms with Crippen LogP contribution in [0.25, 0.3) is 0 Å². The largest absolute Gasteiger partial charge is 0.872 e. The second kappa shape index (κ2) is 8.29. The highest BCUT2D eigenvalue weighted by atomic mass is 16.6. The lowest BCUT2D eigenvalue weighted by Gasteiger charge is -2.10. The first kappa shape index (κ1) is 17.7. The number of hydrazone groups is 1. The van der Waals surface area contributed by atoms with E-state index in [1.165, 1.54) is 7.11 Å². The van der Waals surface area contributed by atoms with Gasteiger partial charge in [-0.15, -0.1) is 0 Å². The van der Waals surface area contributed by atoms with Crippen molar-refractivity contribution < 1.29 is 19.6 Å². The predicted molar refractivity (Wildman–Crippen MR) is 89.8 cm³/mol. The van der Waals surface area contributed by atoms with Gasteiger partial charge in [-0.05, 0) is 17.7 Å². The van der Waals surface area contributed by atoms with Gasteiger partial charge in [0.2, 0.25) is 0 Å². The van der Waals surface area contributed by atoms with Crippen molar-refractivity contribution in [3.05, 3.63) is 58.1 Å². The zero-order valence-electron chi connectivity index (χ0n) is 13.3. The molecule has 0 heterocycles. The number of nitro benzene ring substituents is 1. The zero-order valence-corrected chi connectivity index (χ0v) is 13.3. The molecule has 0 unspecified atom stereocenters. The Morgan fingerprint density at radius 3 is 2.80 bits per heavy atom. The number of rotatable bonds is 7. The molecule has 0 atom stereocenters. The molecule has 2 aromatic carbocycles. The van der Waals surface area contributed by atoms with Gasteiger partial charge < -0.3 is 15.2 Å². The summed E-state index contributed by atoms with van der Waals surface area (Å²) in [6, 6.07) is 10.4. The fourth-order valence-corrected chi connectivity index (χ4v) is 1.93. The number of non-ortho nitro benzene ring substituents is 1. The van der Waals surface area contributed by atoms with Crippen LogP contribution in [0.2, 0.25) is 0 Å². The molecule has 0 spiro atoms. The Hall–Kier alpha value is -3.62. The van der Waals surface area contributed by atoms with Crippen LogP contribution < -0.4 is 20.6 Å². The third-order valence-electron chi connectivity index (χ3n) is 3.14. The van der Waals surface area contributed by atoms with Gasteiger partial charge in [-0.3, -0.25) is 14.9 Å². The Morgan fingerprint density at radius 2 is 2.08 bits per heavy atom. The number of methoxy groups -OCH3 is 1. The van der Waals surface area contributed by atoms with Crippen LogP contribution in [-0.4, -0.2) is 30.7 Å². The van der Waals surface area contributed by atoms with E-state index < -0.39 is 16.6 Å². The van der Waals surface area contributed by atoms with Gasteiger partial charge in [0.25, 0.3) is 11.6 Å². The van der Waals surface area contributed by atoms with E-state index in [0.29, 0.717) is 11.4 Å². The van der Waals surface area contributed by atoms with Crippen LogP contribution in [0, 0.1) is 10.1 Å². The van der Waals surface area contributed by atoms with Gasteiger partial charge in [0.1, 0.15) is 5.75 Å². The maximum Gasteiger partial charge on any atom is 0.270 e. The molecule has 0 aliphatic rings. The van der Waals surface area contributed by atoms with Crippen LogP contribution in [-0.2, 0) is 4.79 Å². The average Bonchev–Trinajstić information content (AvgIpc) is 2.61. The molecule has 2 rings (SSSR count). The van der Waals surface area contributed by atoms with Crippen molar-refractivity contribution in [1.82, 2.24) is 5.43 Å². The molecule has 2 N–H and O–H groups in total. The molecule has 0 bridgehead atoms. The lowest BCUT2D eigenvalue weighted by atomic mass is 10.2. The molecule has 25 heavy (non-hydrogen) atoms. The van der Waals surface area contributed by atoms with Gasteiger partial charge in [0.05, 0.1) is 30.5 Å². The Balaban J connectivity index is 1.92. The van der Waals surface area contributed by atoms with E-state index in [2.05, 4.69) is 15.8 Å². The highest BCUT2D eigenvalue weighted by Gasteiger charge is 2.06. The van der Waals surface area contributed by atoms with Gasteiger partial charge >= 0.3 is 0 Å². The van der Waals surface area contributed by atoms with Crippen molar-refractivity contribution in [1.29, 1.82) is 0 Å². The number of para-hydroxylation sites is 2. The Bertz CT molecular complexity index is 807. The highest BCUT2D eigenvalue weighted by Crippen LogP contribution is 2.22. The minimum absolute atomic E-state index is 0.00666. The zero-order chi connectivity index (χ0) is 18.2. The van der Waals surface area contributed by atoms with E-state index in [0.717, 1.165) is 24.4 Å². The molecule has 0 aliphatic heterocycles. The molecule has 2 aromatic rings. The number of carbonyl (C=O) groups is 1. The van der Waals surface area contributed by atoms with E-state index in [9.17, 15) is 20.0 Å². The summed E-state index contributed by atoms with van der Waals surface area (Å²) in [6.07, 6.45) is 1.07. The molecular weight excluding hydrogens is 328 g/mol. The van der Waals surface area contributed by atoms with Gasteiger partial charge in [0.15, 0.2) is 0 Å². The minimum Gasteiger partial charge on any atom is -0.872 e. The van der Waals surface area contributed by atoms with Crippen LogP contribution in [0.3, 0.4) is 0 Å². The van der Waals surface area contributed by atoms with Gasteiger partial charge in [-0.1, -0.05) is 23.9 Å². The summed E-state index contributed by atoms with van der Waals surface area (Å²) in [7, 11) is 1.52. The minimum atomic E-state index is -0.619. The maximum absolute atomic E-state index is 11.8. The van der Waals surface area contributed by atoms with E-state index >= 15 is 0 Å². The fourth-order valence-electron chi connectivity index (χ4n) is 1.93. The summed E-state index contributed by atoms with van der Waals surface area (Å²) >= 11 is 0. The van der Waals surface area contributed by atoms with Crippen molar-refractivity contribution in [2.24, 2.45) is 5.10 Å². The quantitative estimate of drug-likeness (QED) is 0.442. The number of amides is 1. The molecule has 0 fully saturated rings. The smallest absolute Gasteiger partial charge is 0.270 e. The van der Waals surface area contributed by atoms with E-state index in [-0.39, 0.29) is 17.8 Å². The normalized spacial score (nSPS) is 10.4. The second-order valence-electron chi connectivity index (χ2n) is 4.83. The molecule has 0 saturated heterocycles. The number of nitrogens with one attached hydrogen (secondary N) is 2. The van der Waals surface area contributed by atoms with Crippen molar-refractivity contribution in [3.8, 4) is 11.5 Å². The Morgan fingerprint density at radius 1 is 1.32 bits per heavy atom. The van der Waals surface area contributed by atoms with E-state index in [1.807, 2.05) is 0 Å². The molecule has 1 amide bonds. The number of hydrogen-bond donors (Lipinski definition) is 2. The van der Waals surface area contributed by atoms with Crippen LogP contribution in [0.1, 0.15) is 5.56 Å². The lowest BCUT2D eigenvalue weighted by Crippen LogP contribution is -2.26. The first-order valence-electron chi connectivity index (χ1n) is 7.15. The molecule has 0 radical (unpaired) electrons. The number of nitrogens with zero attached hydrogens (tertiary/aromatic N) is 2. The molecule has 0 aliphatic carbocycles. The lowest BCUT2D eigenvalue weighted by molar-refractivity contribution is -0.385. The molecule has 130 valence electrons. The van der Waals surface area contributed by atoms with Crippen molar-refractivity contribution in [3.63, 3.8) is 0 Å². The molecule has 9 nitrogen and oxygen atoms in total. The summed E-state index contributed by atoms with van der Waals surface area (Å²) in [5.41, 5.74) is 2.65. The van der Waals surface area contributed by atoms with E-state index in [1.54, 1.807) is 24.3 Å². The van der Waals surface area contributed by atoms with Crippen molar-refractivity contribution in [2.45, 2.75) is 0 Å². The SMILES string of the molecule is COc1ccccc1NCC(=O)N/N=C\c1cc([N+](=O)[O-])ccc1[O-]. The number of nitro groups is 1. The third kappa shape index (κ3) is 4.93. The number of anilines is 1. The van der Waals surface area contributed by atoms with Crippen molar-refractivity contribution >= 4 is 23.5 Å². The summed E-state index contributed by atoms with van der Waals surface area (Å²) in [5, 5.41) is 28.8. The molecule has 9 heteroatoms. The summed E-state index contributed by atoms with van der Waals surface area (Å²) in [4.78, 5) is 21.8. The van der Waals surface area contributed by atoms with Gasteiger partial charge in [-0.25, -0.2) is 5.43 Å². The van der Waals surface area contributed by atoms with Crippen LogP contribution >= 0.6 is 0 Å². The van der Waals surface area contributed by atoms with Crippen LogP contribution in [0.4, 0.5) is 11.4 Å². The van der Waals surface area contributed by atoms with Crippen LogP contribution in [0.5, 0.6) is 11.5 Å². The fraction of sp³-hybridized carbons (Fsp3) is 0.125. The van der Waals surface area contributed by atoms with Gasteiger partial charge in [0, 0.05) is 12.1 Å². The molecule has 0 aromatic heterocycles. The molecular formula is C16H15N4O5-. The summed E-state index contributed by atoms with van der Waals surface area (Å²) in [6.45, 7) is -0.0725. The van der Waals surface area contributed by atoms with Crippen molar-refractivity contribution in [2.75, 3.05) is 19.0 Å². The standard InChI is InChI=1S/C16H16N4O5/c1-25-15-5-3-2-4-13(15)17-10-16(22)19-18-9-11-8-12(20(23)24)6-7-14(11)21/h2-9,17,21H,10H2,1H3,(H,19,22)/p-1/b18-9-. The maximum atomic E-state index is 11.8. The summed E-state index contributed by atoms with van der Waals surface area (Å²) < 4.78 is 5.15.